The number of barbiturate groups is 1. The van der Waals surface area contributed by atoms with Gasteiger partial charge >= 0.3 is 6.03 Å². The summed E-state index contributed by atoms with van der Waals surface area (Å²) in [6.07, 6.45) is 2.56. The molecule has 7 heteroatoms. The number of rotatable bonds is 2. The van der Waals surface area contributed by atoms with Crippen LogP contribution in [0.25, 0.3) is 6.08 Å². The number of benzene rings is 2. The normalized spacial score (nSPS) is 21.9. The molecule has 2 aromatic carbocycles. The molecular formula is C24H24BrN3O3. The number of fused-ring (bicyclic) bond motifs is 1. The fourth-order valence-electron chi connectivity index (χ4n) is 4.33. The monoisotopic (exact) mass is 481 g/mol. The maximum absolute atomic E-state index is 13.1. The zero-order chi connectivity index (χ0) is 22.5. The lowest BCUT2D eigenvalue weighted by atomic mass is 9.80. The van der Waals surface area contributed by atoms with E-state index in [9.17, 15) is 14.4 Å². The van der Waals surface area contributed by atoms with Crippen molar-refractivity contribution in [3.63, 3.8) is 0 Å². The minimum absolute atomic E-state index is 0.0527. The number of amides is 4. The fraction of sp³-hybridized carbons (Fsp3) is 0.292. The fourth-order valence-corrected chi connectivity index (χ4v) is 4.60. The number of anilines is 2. The van der Waals surface area contributed by atoms with E-state index in [-0.39, 0.29) is 11.1 Å². The molecule has 31 heavy (non-hydrogen) atoms. The molecule has 0 unspecified atom stereocenters. The summed E-state index contributed by atoms with van der Waals surface area (Å²) in [5, 5.41) is 2.27. The van der Waals surface area contributed by atoms with E-state index in [2.05, 4.69) is 54.0 Å². The Hall–Kier alpha value is -2.93. The molecule has 4 amide bonds. The van der Waals surface area contributed by atoms with Gasteiger partial charge in [-0.25, -0.2) is 9.69 Å². The first-order chi connectivity index (χ1) is 14.6. The molecule has 1 fully saturated rings. The van der Waals surface area contributed by atoms with E-state index >= 15 is 0 Å². The Labute approximate surface area is 190 Å². The maximum atomic E-state index is 13.1. The van der Waals surface area contributed by atoms with Crippen LogP contribution in [0.3, 0.4) is 0 Å². The third-order valence-corrected chi connectivity index (χ3v) is 6.68. The highest BCUT2D eigenvalue weighted by molar-refractivity contribution is 9.10. The summed E-state index contributed by atoms with van der Waals surface area (Å²) < 4.78 is 0.823. The standard InChI is InChI=1S/C24H24BrN3O3/c1-14-13-24(2,3)27(4)20-10-5-15(11-18(14)20)12-19-21(29)26-23(31)28(22(19)30)17-8-6-16(25)7-9-17/h5-12,14H,13H2,1-4H3,(H,26,29,31)/b19-12+/t14-/m1/s1. The largest absolute Gasteiger partial charge is 0.369 e. The summed E-state index contributed by atoms with van der Waals surface area (Å²) in [7, 11) is 2.09. The van der Waals surface area contributed by atoms with Crippen LogP contribution < -0.4 is 15.1 Å². The molecule has 6 nitrogen and oxygen atoms in total. The van der Waals surface area contributed by atoms with Crippen molar-refractivity contribution >= 4 is 51.2 Å². The number of halogens is 1. The molecular weight excluding hydrogens is 458 g/mol. The lowest BCUT2D eigenvalue weighted by molar-refractivity contribution is -0.122. The average Bonchev–Trinajstić information content (AvgIpc) is 2.70. The molecule has 4 rings (SSSR count). The first-order valence-electron chi connectivity index (χ1n) is 10.1. The first-order valence-corrected chi connectivity index (χ1v) is 10.9. The van der Waals surface area contributed by atoms with Crippen LogP contribution in [0.15, 0.2) is 52.5 Å². The van der Waals surface area contributed by atoms with E-state index in [1.165, 1.54) is 5.56 Å². The van der Waals surface area contributed by atoms with Crippen LogP contribution in [-0.4, -0.2) is 30.4 Å². The van der Waals surface area contributed by atoms with Crippen LogP contribution in [0.4, 0.5) is 16.2 Å². The van der Waals surface area contributed by atoms with Gasteiger partial charge in [-0.15, -0.1) is 0 Å². The molecule has 1 N–H and O–H groups in total. The Morgan fingerprint density at radius 1 is 1.10 bits per heavy atom. The summed E-state index contributed by atoms with van der Waals surface area (Å²) in [4.78, 5) is 41.2. The zero-order valence-corrected chi connectivity index (χ0v) is 19.5. The Bertz CT molecular complexity index is 1120. The number of hydrogen-bond acceptors (Lipinski definition) is 4. The average molecular weight is 482 g/mol. The molecule has 0 bridgehead atoms. The number of hydrogen-bond donors (Lipinski definition) is 1. The number of carbonyl (C=O) groups excluding carboxylic acids is 3. The minimum Gasteiger partial charge on any atom is -0.369 e. The van der Waals surface area contributed by atoms with Gasteiger partial charge in [0.1, 0.15) is 5.57 Å². The molecule has 0 aromatic heterocycles. The van der Waals surface area contributed by atoms with Gasteiger partial charge in [0.25, 0.3) is 11.8 Å². The summed E-state index contributed by atoms with van der Waals surface area (Å²) >= 11 is 3.34. The van der Waals surface area contributed by atoms with Crippen LogP contribution in [0.2, 0.25) is 0 Å². The van der Waals surface area contributed by atoms with Gasteiger partial charge < -0.3 is 4.90 Å². The predicted molar refractivity (Wildman–Crippen MR) is 125 cm³/mol. The van der Waals surface area contributed by atoms with Crippen LogP contribution in [0.1, 0.15) is 44.2 Å². The van der Waals surface area contributed by atoms with E-state index in [1.54, 1.807) is 30.3 Å². The predicted octanol–water partition coefficient (Wildman–Crippen LogP) is 4.84. The Morgan fingerprint density at radius 2 is 1.77 bits per heavy atom. The molecule has 2 aromatic rings. The third-order valence-electron chi connectivity index (χ3n) is 6.16. The molecule has 2 heterocycles. The second-order valence-corrected chi connectivity index (χ2v) is 9.64. The first kappa shape index (κ1) is 21.3. The summed E-state index contributed by atoms with van der Waals surface area (Å²) in [5.41, 5.74) is 3.46. The lowest BCUT2D eigenvalue weighted by Gasteiger charge is -2.45. The van der Waals surface area contributed by atoms with E-state index in [4.69, 9.17) is 0 Å². The highest BCUT2D eigenvalue weighted by atomic mass is 79.9. The van der Waals surface area contributed by atoms with Crippen LogP contribution in [-0.2, 0) is 9.59 Å². The minimum atomic E-state index is -0.752. The molecule has 2 aliphatic rings. The van der Waals surface area contributed by atoms with Crippen molar-refractivity contribution in [1.82, 2.24) is 5.32 Å². The van der Waals surface area contributed by atoms with E-state index in [1.807, 2.05) is 18.2 Å². The Balaban J connectivity index is 1.72. The van der Waals surface area contributed by atoms with Gasteiger partial charge in [0, 0.05) is 22.7 Å². The van der Waals surface area contributed by atoms with Crippen LogP contribution in [0.5, 0.6) is 0 Å². The van der Waals surface area contributed by atoms with Gasteiger partial charge in [0.05, 0.1) is 5.69 Å². The summed E-state index contributed by atoms with van der Waals surface area (Å²) in [6, 6.07) is 12.0. The summed E-state index contributed by atoms with van der Waals surface area (Å²) in [6.45, 7) is 6.64. The van der Waals surface area contributed by atoms with Crippen molar-refractivity contribution in [2.24, 2.45) is 0 Å². The number of carbonyl (C=O) groups is 3. The number of imide groups is 2. The maximum Gasteiger partial charge on any atom is 0.335 e. The molecule has 2 aliphatic heterocycles. The third kappa shape index (κ3) is 3.78. The second-order valence-electron chi connectivity index (χ2n) is 8.73. The van der Waals surface area contributed by atoms with Gasteiger partial charge in [-0.3, -0.25) is 14.9 Å². The van der Waals surface area contributed by atoms with E-state index < -0.39 is 17.8 Å². The topological polar surface area (TPSA) is 69.7 Å². The Kier molecular flexibility index (Phi) is 5.25. The zero-order valence-electron chi connectivity index (χ0n) is 17.9. The quantitative estimate of drug-likeness (QED) is 0.492. The van der Waals surface area contributed by atoms with E-state index in [0.717, 1.165) is 27.0 Å². The van der Waals surface area contributed by atoms with Crippen molar-refractivity contribution < 1.29 is 14.4 Å². The van der Waals surface area contributed by atoms with Crippen molar-refractivity contribution in [2.45, 2.75) is 38.6 Å². The van der Waals surface area contributed by atoms with Crippen LogP contribution in [0, 0.1) is 0 Å². The summed E-state index contributed by atoms with van der Waals surface area (Å²) in [5.74, 6) is -0.983. The van der Waals surface area contributed by atoms with Crippen molar-refractivity contribution in [3.05, 3.63) is 63.6 Å². The number of nitrogens with zero attached hydrogens (tertiary/aromatic N) is 2. The number of urea groups is 1. The van der Waals surface area contributed by atoms with Gasteiger partial charge in [0.2, 0.25) is 0 Å². The van der Waals surface area contributed by atoms with Crippen molar-refractivity contribution in [3.8, 4) is 0 Å². The van der Waals surface area contributed by atoms with Gasteiger partial charge in [-0.2, -0.15) is 0 Å². The molecule has 0 spiro atoms. The van der Waals surface area contributed by atoms with Gasteiger partial charge in [-0.05, 0) is 79.8 Å². The number of nitrogens with one attached hydrogen (secondary N) is 1. The van der Waals surface area contributed by atoms with Gasteiger partial charge in [-0.1, -0.05) is 28.9 Å². The Morgan fingerprint density at radius 3 is 2.45 bits per heavy atom. The highest BCUT2D eigenvalue weighted by Gasteiger charge is 2.37. The van der Waals surface area contributed by atoms with Crippen molar-refractivity contribution in [2.75, 3.05) is 16.8 Å². The smallest absolute Gasteiger partial charge is 0.335 e. The van der Waals surface area contributed by atoms with Crippen LogP contribution >= 0.6 is 15.9 Å². The SMILES string of the molecule is C[C@@H]1CC(C)(C)N(C)c2ccc(/C=C3\C(=O)NC(=O)N(c4ccc(Br)cc4)C3=O)cc21. The molecule has 1 saturated heterocycles. The molecule has 0 aliphatic carbocycles. The molecule has 1 atom stereocenters. The van der Waals surface area contributed by atoms with Crippen molar-refractivity contribution in [1.29, 1.82) is 0 Å². The molecule has 0 saturated carbocycles. The second kappa shape index (κ2) is 7.64. The molecule has 0 radical (unpaired) electrons. The van der Waals surface area contributed by atoms with Gasteiger partial charge in [0.15, 0.2) is 0 Å². The highest BCUT2D eigenvalue weighted by Crippen LogP contribution is 2.42. The molecule has 160 valence electrons. The van der Waals surface area contributed by atoms with E-state index in [0.29, 0.717) is 11.6 Å². The lowest BCUT2D eigenvalue weighted by Crippen LogP contribution is -2.54.